The van der Waals surface area contributed by atoms with Crippen molar-refractivity contribution in [2.24, 2.45) is 11.3 Å². The van der Waals surface area contributed by atoms with E-state index in [0.717, 1.165) is 36.1 Å². The normalized spacial score (nSPS) is 15.7. The summed E-state index contributed by atoms with van der Waals surface area (Å²) in [6.45, 7) is 8.76. The molecule has 0 radical (unpaired) electrons. The van der Waals surface area contributed by atoms with E-state index in [-0.39, 0.29) is 17.2 Å². The van der Waals surface area contributed by atoms with E-state index in [2.05, 4.69) is 31.4 Å². The first-order valence-electron chi connectivity index (χ1n) is 11.1. The average molecular weight is 447 g/mol. The van der Waals surface area contributed by atoms with Gasteiger partial charge in [-0.15, -0.1) is 11.3 Å². The van der Waals surface area contributed by atoms with Gasteiger partial charge < -0.3 is 10.6 Å². The highest BCUT2D eigenvalue weighted by Crippen LogP contribution is 2.44. The Hall–Kier alpha value is -2.92. The molecule has 1 atom stereocenters. The Balaban J connectivity index is 1.70. The van der Waals surface area contributed by atoms with E-state index in [1.807, 2.05) is 61.5 Å². The topological polar surface area (TPSA) is 58.2 Å². The van der Waals surface area contributed by atoms with E-state index in [1.54, 1.807) is 11.3 Å². The summed E-state index contributed by atoms with van der Waals surface area (Å²) in [6.07, 6.45) is 2.84. The van der Waals surface area contributed by atoms with E-state index in [1.165, 1.54) is 4.88 Å². The largest absolute Gasteiger partial charge is 0.322 e. The molecule has 4 rings (SSSR count). The smallest absolute Gasteiger partial charge is 0.258 e. The summed E-state index contributed by atoms with van der Waals surface area (Å²) in [6, 6.07) is 17.0. The van der Waals surface area contributed by atoms with E-state index >= 15 is 0 Å². The third-order valence-electron chi connectivity index (χ3n) is 6.37. The molecule has 1 unspecified atom stereocenters. The number of anilines is 2. The van der Waals surface area contributed by atoms with Crippen molar-refractivity contribution in [2.75, 3.05) is 10.6 Å². The Morgan fingerprint density at radius 1 is 0.938 bits per heavy atom. The lowest BCUT2D eigenvalue weighted by molar-refractivity contribution is 0.102. The highest BCUT2D eigenvalue weighted by atomic mass is 32.1. The van der Waals surface area contributed by atoms with Crippen LogP contribution < -0.4 is 10.6 Å². The molecule has 4 nitrogen and oxygen atoms in total. The molecule has 5 heteroatoms. The zero-order valence-electron chi connectivity index (χ0n) is 19.1. The van der Waals surface area contributed by atoms with E-state index < -0.39 is 0 Å². The minimum atomic E-state index is -0.178. The summed E-state index contributed by atoms with van der Waals surface area (Å²) in [4.78, 5) is 27.7. The number of amides is 2. The van der Waals surface area contributed by atoms with Gasteiger partial charge in [0.05, 0.1) is 5.56 Å². The fourth-order valence-electron chi connectivity index (χ4n) is 4.37. The van der Waals surface area contributed by atoms with E-state index in [0.29, 0.717) is 22.0 Å². The summed E-state index contributed by atoms with van der Waals surface area (Å²) in [5, 5.41) is 6.73. The van der Waals surface area contributed by atoms with Gasteiger partial charge in [0.15, 0.2) is 0 Å². The number of thiophene rings is 1. The molecular weight excluding hydrogens is 416 g/mol. The Labute approximate surface area is 194 Å². The lowest BCUT2D eigenvalue weighted by atomic mass is 9.72. The molecule has 0 aliphatic heterocycles. The second kappa shape index (κ2) is 8.91. The van der Waals surface area contributed by atoms with Crippen molar-refractivity contribution >= 4 is 33.8 Å². The minimum Gasteiger partial charge on any atom is -0.322 e. The van der Waals surface area contributed by atoms with Crippen molar-refractivity contribution in [3.8, 4) is 0 Å². The summed E-state index contributed by atoms with van der Waals surface area (Å²) >= 11 is 1.56. The summed E-state index contributed by atoms with van der Waals surface area (Å²) in [5.41, 5.74) is 4.19. The first kappa shape index (κ1) is 22.3. The molecule has 1 heterocycles. The standard InChI is InChI=1S/C27H30N2O2S/c1-17-10-8-9-13-20(17)24(30)29-26-23(25(31)28-19-11-6-5-7-12-19)21-15-14-18(27(2,3)4)16-22(21)32-26/h5-13,18H,14-16H2,1-4H3,(H,28,31)(H,29,30). The second-order valence-electron chi connectivity index (χ2n) is 9.60. The molecule has 3 aromatic rings. The molecule has 0 bridgehead atoms. The van der Waals surface area contributed by atoms with Crippen LogP contribution in [0.4, 0.5) is 10.7 Å². The first-order chi connectivity index (χ1) is 15.2. The maximum absolute atomic E-state index is 13.4. The first-order valence-corrected chi connectivity index (χ1v) is 11.9. The van der Waals surface area contributed by atoms with Crippen LogP contribution in [0.1, 0.15) is 63.9 Å². The molecule has 1 aliphatic rings. The number of fused-ring (bicyclic) bond motifs is 1. The molecule has 2 amide bonds. The highest BCUT2D eigenvalue weighted by molar-refractivity contribution is 7.17. The summed E-state index contributed by atoms with van der Waals surface area (Å²) < 4.78 is 0. The number of carbonyl (C=O) groups is 2. The number of nitrogens with one attached hydrogen (secondary N) is 2. The van der Waals surface area contributed by atoms with Crippen LogP contribution in [-0.2, 0) is 12.8 Å². The van der Waals surface area contributed by atoms with Crippen LogP contribution in [0.2, 0.25) is 0 Å². The van der Waals surface area contributed by atoms with Gasteiger partial charge in [-0.05, 0) is 66.8 Å². The minimum absolute atomic E-state index is 0.164. The van der Waals surface area contributed by atoms with E-state index in [4.69, 9.17) is 0 Å². The maximum atomic E-state index is 13.4. The average Bonchev–Trinajstić information content (AvgIpc) is 3.11. The lowest BCUT2D eigenvalue weighted by Crippen LogP contribution is -2.27. The van der Waals surface area contributed by atoms with Crippen molar-refractivity contribution < 1.29 is 9.59 Å². The van der Waals surface area contributed by atoms with Crippen LogP contribution in [0.5, 0.6) is 0 Å². The lowest BCUT2D eigenvalue weighted by Gasteiger charge is -2.33. The van der Waals surface area contributed by atoms with Gasteiger partial charge >= 0.3 is 0 Å². The van der Waals surface area contributed by atoms with Crippen LogP contribution in [0, 0.1) is 18.3 Å². The van der Waals surface area contributed by atoms with Crippen molar-refractivity contribution in [3.63, 3.8) is 0 Å². The Kier molecular flexibility index (Phi) is 6.20. The Morgan fingerprint density at radius 2 is 1.62 bits per heavy atom. The van der Waals surface area contributed by atoms with Gasteiger partial charge in [-0.3, -0.25) is 9.59 Å². The second-order valence-corrected chi connectivity index (χ2v) is 10.7. The van der Waals surface area contributed by atoms with Crippen molar-refractivity contribution in [1.29, 1.82) is 0 Å². The third-order valence-corrected chi connectivity index (χ3v) is 7.54. The molecule has 0 saturated heterocycles. The highest BCUT2D eigenvalue weighted by Gasteiger charge is 2.34. The molecule has 0 spiro atoms. The number of benzene rings is 2. The van der Waals surface area contributed by atoms with Crippen LogP contribution in [0.3, 0.4) is 0 Å². The number of carbonyl (C=O) groups excluding carboxylic acids is 2. The van der Waals surface area contributed by atoms with E-state index in [9.17, 15) is 9.59 Å². The fraction of sp³-hybridized carbons (Fsp3) is 0.333. The van der Waals surface area contributed by atoms with Gasteiger partial charge in [-0.25, -0.2) is 0 Å². The molecule has 0 fully saturated rings. The number of hydrogen-bond acceptors (Lipinski definition) is 3. The molecule has 32 heavy (non-hydrogen) atoms. The number of hydrogen-bond donors (Lipinski definition) is 2. The predicted octanol–water partition coefficient (Wildman–Crippen LogP) is 6.71. The molecule has 166 valence electrons. The number of rotatable bonds is 4. The van der Waals surface area contributed by atoms with Gasteiger partial charge in [0, 0.05) is 16.1 Å². The molecule has 1 aromatic heterocycles. The van der Waals surface area contributed by atoms with Gasteiger partial charge in [0.1, 0.15) is 5.00 Å². The molecule has 0 saturated carbocycles. The van der Waals surface area contributed by atoms with Crippen molar-refractivity contribution in [2.45, 2.75) is 47.0 Å². The van der Waals surface area contributed by atoms with Crippen LogP contribution in [0.15, 0.2) is 54.6 Å². The number of aryl methyl sites for hydroxylation is 1. The Bertz CT molecular complexity index is 1140. The van der Waals surface area contributed by atoms with Gasteiger partial charge in [-0.2, -0.15) is 0 Å². The molecule has 2 aromatic carbocycles. The summed E-state index contributed by atoms with van der Waals surface area (Å²) in [7, 11) is 0. The molecule has 2 N–H and O–H groups in total. The maximum Gasteiger partial charge on any atom is 0.258 e. The fourth-order valence-corrected chi connectivity index (χ4v) is 5.69. The van der Waals surface area contributed by atoms with Gasteiger partial charge in [0.2, 0.25) is 0 Å². The van der Waals surface area contributed by atoms with Crippen LogP contribution in [0.25, 0.3) is 0 Å². The molecular formula is C27H30N2O2S. The molecule has 1 aliphatic carbocycles. The predicted molar refractivity (Wildman–Crippen MR) is 133 cm³/mol. The zero-order valence-corrected chi connectivity index (χ0v) is 19.9. The third kappa shape index (κ3) is 4.63. The monoisotopic (exact) mass is 446 g/mol. The number of para-hydroxylation sites is 1. The zero-order chi connectivity index (χ0) is 22.9. The van der Waals surface area contributed by atoms with Crippen molar-refractivity contribution in [3.05, 3.63) is 81.7 Å². The Morgan fingerprint density at radius 3 is 2.31 bits per heavy atom. The van der Waals surface area contributed by atoms with Crippen LogP contribution >= 0.6 is 11.3 Å². The van der Waals surface area contributed by atoms with Gasteiger partial charge in [-0.1, -0.05) is 57.2 Å². The van der Waals surface area contributed by atoms with Crippen LogP contribution in [-0.4, -0.2) is 11.8 Å². The SMILES string of the molecule is Cc1ccccc1C(=O)Nc1sc2c(c1C(=O)Nc1ccccc1)CCC(C(C)(C)C)C2. The van der Waals surface area contributed by atoms with Gasteiger partial charge in [0.25, 0.3) is 11.8 Å². The van der Waals surface area contributed by atoms with Crippen molar-refractivity contribution in [1.82, 2.24) is 0 Å². The quantitative estimate of drug-likeness (QED) is 0.468. The summed E-state index contributed by atoms with van der Waals surface area (Å²) in [5.74, 6) is 0.212.